The third-order valence-corrected chi connectivity index (χ3v) is 6.01. The van der Waals surface area contributed by atoms with E-state index in [0.717, 1.165) is 38.3 Å². The summed E-state index contributed by atoms with van der Waals surface area (Å²) >= 11 is 0. The van der Waals surface area contributed by atoms with Crippen LogP contribution in [-0.2, 0) is 16.8 Å². The molecule has 3 aliphatic rings. The molecule has 1 spiro atoms. The minimum Gasteiger partial charge on any atom is -0.311 e. The van der Waals surface area contributed by atoms with Gasteiger partial charge >= 0.3 is 0 Å². The van der Waals surface area contributed by atoms with Gasteiger partial charge in [0.25, 0.3) is 0 Å². The molecule has 1 aliphatic carbocycles. The Balaban J connectivity index is 1.43. The predicted molar refractivity (Wildman–Crippen MR) is 97.3 cm³/mol. The number of likely N-dealkylation sites (tertiary alicyclic amines) is 1. The standard InChI is InChI=1S/C21H23N3O/c25-20-21(9-12-23(15-21)13-17-7-10-22-11-8-17)18-3-1-2-4-19(18)24(20)14-16-5-6-16/h1-4,7-8,10-11,16H,5-6,9,12-15H2. The van der Waals surface area contributed by atoms with Crippen LogP contribution in [-0.4, -0.2) is 35.4 Å². The molecule has 0 N–H and O–H groups in total. The zero-order valence-electron chi connectivity index (χ0n) is 14.4. The number of hydrogen-bond donors (Lipinski definition) is 0. The number of carbonyl (C=O) groups excluding carboxylic acids is 1. The Morgan fingerprint density at radius 2 is 1.92 bits per heavy atom. The minimum absolute atomic E-state index is 0.331. The molecule has 1 saturated carbocycles. The molecular formula is C21H23N3O. The lowest BCUT2D eigenvalue weighted by Crippen LogP contribution is -2.43. The van der Waals surface area contributed by atoms with Gasteiger partial charge in [-0.1, -0.05) is 18.2 Å². The summed E-state index contributed by atoms with van der Waals surface area (Å²) in [7, 11) is 0. The van der Waals surface area contributed by atoms with Gasteiger partial charge in [0.05, 0.1) is 5.41 Å². The molecule has 4 heteroatoms. The molecule has 1 aromatic carbocycles. The Hall–Kier alpha value is -2.20. The van der Waals surface area contributed by atoms with Gasteiger partial charge in [-0.25, -0.2) is 0 Å². The lowest BCUT2D eigenvalue weighted by atomic mass is 9.81. The summed E-state index contributed by atoms with van der Waals surface area (Å²) in [4.78, 5) is 22.0. The van der Waals surface area contributed by atoms with E-state index < -0.39 is 0 Å². The first kappa shape index (κ1) is 15.1. The van der Waals surface area contributed by atoms with Crippen LogP contribution in [0.4, 0.5) is 5.69 Å². The molecule has 1 atom stereocenters. The number of hydrogen-bond acceptors (Lipinski definition) is 3. The SMILES string of the molecule is O=C1N(CC2CC2)c2ccccc2C12CCN(Cc1ccncc1)C2. The van der Waals surface area contributed by atoms with Crippen molar-refractivity contribution >= 4 is 11.6 Å². The van der Waals surface area contributed by atoms with E-state index in [0.29, 0.717) is 11.8 Å². The highest BCUT2D eigenvalue weighted by Gasteiger charge is 2.54. The number of pyridine rings is 1. The smallest absolute Gasteiger partial charge is 0.239 e. The Bertz CT molecular complexity index is 802. The topological polar surface area (TPSA) is 36.4 Å². The van der Waals surface area contributed by atoms with Crippen molar-refractivity contribution in [2.45, 2.75) is 31.2 Å². The summed E-state index contributed by atoms with van der Waals surface area (Å²) in [5, 5.41) is 0. The van der Waals surface area contributed by atoms with Crippen LogP contribution >= 0.6 is 0 Å². The zero-order valence-corrected chi connectivity index (χ0v) is 14.4. The molecule has 2 aliphatic heterocycles. The van der Waals surface area contributed by atoms with Crippen molar-refractivity contribution in [3.63, 3.8) is 0 Å². The van der Waals surface area contributed by atoms with E-state index in [-0.39, 0.29) is 5.41 Å². The number of benzene rings is 1. The highest BCUT2D eigenvalue weighted by Crippen LogP contribution is 2.48. The molecule has 1 unspecified atom stereocenters. The van der Waals surface area contributed by atoms with E-state index in [4.69, 9.17) is 0 Å². The summed E-state index contributed by atoms with van der Waals surface area (Å²) in [6.45, 7) is 3.59. The molecule has 3 heterocycles. The van der Waals surface area contributed by atoms with E-state index >= 15 is 0 Å². The quantitative estimate of drug-likeness (QED) is 0.863. The van der Waals surface area contributed by atoms with Crippen LogP contribution in [0.1, 0.15) is 30.4 Å². The van der Waals surface area contributed by atoms with Crippen LogP contribution in [0, 0.1) is 5.92 Å². The monoisotopic (exact) mass is 333 g/mol. The van der Waals surface area contributed by atoms with Crippen molar-refractivity contribution in [1.82, 2.24) is 9.88 Å². The highest BCUT2D eigenvalue weighted by atomic mass is 16.2. The molecule has 1 aromatic heterocycles. The van der Waals surface area contributed by atoms with E-state index in [9.17, 15) is 4.79 Å². The van der Waals surface area contributed by atoms with Crippen LogP contribution in [0.2, 0.25) is 0 Å². The molecule has 0 radical (unpaired) electrons. The number of anilines is 1. The number of fused-ring (bicyclic) bond motifs is 2. The Labute approximate surface area is 148 Å². The van der Waals surface area contributed by atoms with Crippen LogP contribution in [0.25, 0.3) is 0 Å². The lowest BCUT2D eigenvalue weighted by molar-refractivity contribution is -0.122. The number of amides is 1. The van der Waals surface area contributed by atoms with E-state index in [2.05, 4.69) is 51.2 Å². The zero-order chi connectivity index (χ0) is 16.9. The average Bonchev–Trinajstić information content (AvgIpc) is 3.33. The van der Waals surface area contributed by atoms with Crippen molar-refractivity contribution in [2.24, 2.45) is 5.92 Å². The molecule has 2 aromatic rings. The lowest BCUT2D eigenvalue weighted by Gasteiger charge is -2.24. The first-order chi connectivity index (χ1) is 12.3. The molecule has 128 valence electrons. The first-order valence-corrected chi connectivity index (χ1v) is 9.29. The number of para-hydroxylation sites is 1. The molecule has 5 rings (SSSR count). The number of rotatable bonds is 4. The van der Waals surface area contributed by atoms with Gasteiger partial charge in [-0.05, 0) is 61.1 Å². The Morgan fingerprint density at radius 1 is 1.12 bits per heavy atom. The summed E-state index contributed by atoms with van der Waals surface area (Å²) in [6.07, 6.45) is 7.15. The van der Waals surface area contributed by atoms with Gasteiger partial charge in [-0.3, -0.25) is 14.7 Å². The Kier molecular flexibility index (Phi) is 3.42. The Morgan fingerprint density at radius 3 is 2.72 bits per heavy atom. The molecule has 1 saturated heterocycles. The minimum atomic E-state index is -0.335. The summed E-state index contributed by atoms with van der Waals surface area (Å²) in [5.41, 5.74) is 3.34. The van der Waals surface area contributed by atoms with E-state index in [1.54, 1.807) is 0 Å². The second-order valence-corrected chi connectivity index (χ2v) is 7.77. The van der Waals surface area contributed by atoms with E-state index in [1.165, 1.54) is 24.0 Å². The second-order valence-electron chi connectivity index (χ2n) is 7.77. The maximum Gasteiger partial charge on any atom is 0.239 e. The fourth-order valence-corrected chi connectivity index (χ4v) is 4.50. The van der Waals surface area contributed by atoms with E-state index in [1.807, 2.05) is 12.4 Å². The van der Waals surface area contributed by atoms with Crippen molar-refractivity contribution in [3.05, 3.63) is 59.9 Å². The van der Waals surface area contributed by atoms with Crippen molar-refractivity contribution in [3.8, 4) is 0 Å². The molecule has 4 nitrogen and oxygen atoms in total. The highest BCUT2D eigenvalue weighted by molar-refractivity contribution is 6.08. The fraction of sp³-hybridized carbons (Fsp3) is 0.429. The van der Waals surface area contributed by atoms with Gasteiger partial charge < -0.3 is 4.90 Å². The normalized spacial score (nSPS) is 25.8. The van der Waals surface area contributed by atoms with Crippen molar-refractivity contribution < 1.29 is 4.79 Å². The predicted octanol–water partition coefficient (Wildman–Crippen LogP) is 2.98. The van der Waals surface area contributed by atoms with Gasteiger partial charge in [-0.2, -0.15) is 0 Å². The van der Waals surface area contributed by atoms with Gasteiger partial charge in [-0.15, -0.1) is 0 Å². The number of nitrogens with zero attached hydrogens (tertiary/aromatic N) is 3. The maximum absolute atomic E-state index is 13.4. The van der Waals surface area contributed by atoms with Crippen molar-refractivity contribution in [2.75, 3.05) is 24.5 Å². The maximum atomic E-state index is 13.4. The number of aromatic nitrogens is 1. The van der Waals surface area contributed by atoms with Crippen LogP contribution < -0.4 is 4.90 Å². The fourth-order valence-electron chi connectivity index (χ4n) is 4.50. The summed E-state index contributed by atoms with van der Waals surface area (Å²) in [6, 6.07) is 12.6. The molecule has 1 amide bonds. The van der Waals surface area contributed by atoms with Gasteiger partial charge in [0.1, 0.15) is 0 Å². The molecule has 2 fully saturated rings. The molecule has 0 bridgehead atoms. The largest absolute Gasteiger partial charge is 0.311 e. The average molecular weight is 333 g/mol. The summed E-state index contributed by atoms with van der Waals surface area (Å²) < 4.78 is 0. The van der Waals surface area contributed by atoms with Gasteiger partial charge in [0, 0.05) is 37.7 Å². The molecule has 25 heavy (non-hydrogen) atoms. The molecular weight excluding hydrogens is 310 g/mol. The van der Waals surface area contributed by atoms with Crippen LogP contribution in [0.5, 0.6) is 0 Å². The van der Waals surface area contributed by atoms with Crippen molar-refractivity contribution in [1.29, 1.82) is 0 Å². The number of carbonyl (C=O) groups is 1. The van der Waals surface area contributed by atoms with Crippen LogP contribution in [0.3, 0.4) is 0 Å². The van der Waals surface area contributed by atoms with Crippen LogP contribution in [0.15, 0.2) is 48.8 Å². The first-order valence-electron chi connectivity index (χ1n) is 9.29. The third kappa shape index (κ3) is 2.47. The van der Waals surface area contributed by atoms with Gasteiger partial charge in [0.15, 0.2) is 0 Å². The van der Waals surface area contributed by atoms with Gasteiger partial charge in [0.2, 0.25) is 5.91 Å². The third-order valence-electron chi connectivity index (χ3n) is 6.01. The second kappa shape index (κ2) is 5.67. The summed E-state index contributed by atoms with van der Waals surface area (Å²) in [5.74, 6) is 1.04.